The molecule has 0 radical (unpaired) electrons. The SMILES string of the molecule is C[C@@H]1CC[C@@H](N2CCN(c3ccc(Cl)cc3)CC2)C1. The van der Waals surface area contributed by atoms with Gasteiger partial charge >= 0.3 is 0 Å². The van der Waals surface area contributed by atoms with Crippen LogP contribution >= 0.6 is 11.6 Å². The van der Waals surface area contributed by atoms with Gasteiger partial charge in [-0.2, -0.15) is 0 Å². The van der Waals surface area contributed by atoms with Crippen LogP contribution in [0.25, 0.3) is 0 Å². The summed E-state index contributed by atoms with van der Waals surface area (Å²) < 4.78 is 0. The van der Waals surface area contributed by atoms with E-state index in [1.807, 2.05) is 12.1 Å². The summed E-state index contributed by atoms with van der Waals surface area (Å²) in [6.45, 7) is 7.10. The number of benzene rings is 1. The zero-order chi connectivity index (χ0) is 13.2. The van der Waals surface area contributed by atoms with Crippen LogP contribution in [0.1, 0.15) is 26.2 Å². The van der Waals surface area contributed by atoms with Crippen molar-refractivity contribution in [3.8, 4) is 0 Å². The van der Waals surface area contributed by atoms with Crippen LogP contribution in [0.4, 0.5) is 5.69 Å². The molecule has 1 aromatic carbocycles. The van der Waals surface area contributed by atoms with Crippen molar-refractivity contribution in [3.63, 3.8) is 0 Å². The molecule has 1 aliphatic heterocycles. The van der Waals surface area contributed by atoms with Crippen LogP contribution in [0.5, 0.6) is 0 Å². The molecule has 1 aromatic rings. The Hall–Kier alpha value is -0.730. The molecule has 0 aromatic heterocycles. The van der Waals surface area contributed by atoms with Gasteiger partial charge in [0.15, 0.2) is 0 Å². The van der Waals surface area contributed by atoms with Gasteiger partial charge in [-0.05, 0) is 49.4 Å². The molecule has 0 amide bonds. The van der Waals surface area contributed by atoms with Crippen molar-refractivity contribution < 1.29 is 0 Å². The standard InChI is InChI=1S/C16H23ClN2/c1-13-2-5-16(12-13)19-10-8-18(9-11-19)15-6-3-14(17)4-7-15/h3-4,6-7,13,16H,2,5,8-12H2,1H3/t13-,16-/m1/s1. The molecular weight excluding hydrogens is 256 g/mol. The predicted octanol–water partition coefficient (Wildman–Crippen LogP) is 3.65. The van der Waals surface area contributed by atoms with Crippen LogP contribution in [0.15, 0.2) is 24.3 Å². The summed E-state index contributed by atoms with van der Waals surface area (Å²) in [5.41, 5.74) is 1.31. The molecule has 1 aliphatic carbocycles. The van der Waals surface area contributed by atoms with E-state index in [0.717, 1.165) is 30.1 Å². The third kappa shape index (κ3) is 3.06. The summed E-state index contributed by atoms with van der Waals surface area (Å²) in [4.78, 5) is 5.18. The largest absolute Gasteiger partial charge is 0.369 e. The minimum absolute atomic E-state index is 0.822. The zero-order valence-corrected chi connectivity index (χ0v) is 12.4. The van der Waals surface area contributed by atoms with Crippen LogP contribution in [-0.2, 0) is 0 Å². The Balaban J connectivity index is 1.56. The molecule has 2 fully saturated rings. The topological polar surface area (TPSA) is 6.48 Å². The van der Waals surface area contributed by atoms with Gasteiger partial charge in [-0.25, -0.2) is 0 Å². The highest BCUT2D eigenvalue weighted by molar-refractivity contribution is 6.30. The number of piperazine rings is 1. The summed E-state index contributed by atoms with van der Waals surface area (Å²) in [6, 6.07) is 9.09. The normalized spacial score (nSPS) is 28.8. The monoisotopic (exact) mass is 278 g/mol. The van der Waals surface area contributed by atoms with Crippen molar-refractivity contribution in [2.24, 2.45) is 5.92 Å². The van der Waals surface area contributed by atoms with Gasteiger partial charge in [0.2, 0.25) is 0 Å². The fourth-order valence-corrected chi connectivity index (χ4v) is 3.63. The molecule has 0 unspecified atom stereocenters. The van der Waals surface area contributed by atoms with Crippen molar-refractivity contribution in [3.05, 3.63) is 29.3 Å². The van der Waals surface area contributed by atoms with Crippen LogP contribution in [0.2, 0.25) is 5.02 Å². The van der Waals surface area contributed by atoms with Crippen molar-refractivity contribution in [2.75, 3.05) is 31.1 Å². The second-order valence-corrected chi connectivity index (χ2v) is 6.51. The molecule has 2 nitrogen and oxygen atoms in total. The molecule has 1 heterocycles. The van der Waals surface area contributed by atoms with Gasteiger partial charge in [0.05, 0.1) is 0 Å². The fourth-order valence-electron chi connectivity index (χ4n) is 3.51. The van der Waals surface area contributed by atoms with Gasteiger partial charge in [-0.1, -0.05) is 18.5 Å². The van der Waals surface area contributed by atoms with Crippen molar-refractivity contribution >= 4 is 17.3 Å². The number of anilines is 1. The molecule has 3 rings (SSSR count). The predicted molar refractivity (Wildman–Crippen MR) is 82.0 cm³/mol. The van der Waals surface area contributed by atoms with Gasteiger partial charge in [0.1, 0.15) is 0 Å². The van der Waals surface area contributed by atoms with E-state index in [1.165, 1.54) is 38.0 Å². The average molecular weight is 279 g/mol. The van der Waals surface area contributed by atoms with E-state index in [1.54, 1.807) is 0 Å². The minimum atomic E-state index is 0.822. The maximum absolute atomic E-state index is 5.95. The van der Waals surface area contributed by atoms with E-state index in [0.29, 0.717) is 0 Å². The molecule has 2 aliphatic rings. The van der Waals surface area contributed by atoms with Crippen molar-refractivity contribution in [1.29, 1.82) is 0 Å². The van der Waals surface area contributed by atoms with Crippen LogP contribution in [-0.4, -0.2) is 37.1 Å². The lowest BCUT2D eigenvalue weighted by atomic mass is 10.1. The van der Waals surface area contributed by atoms with Crippen molar-refractivity contribution in [1.82, 2.24) is 4.90 Å². The first-order valence-corrected chi connectivity index (χ1v) is 7.85. The number of nitrogens with zero attached hydrogens (tertiary/aromatic N) is 2. The Labute approximate surface area is 121 Å². The van der Waals surface area contributed by atoms with Crippen LogP contribution < -0.4 is 4.90 Å². The number of rotatable bonds is 2. The highest BCUT2D eigenvalue weighted by Gasteiger charge is 2.29. The lowest BCUT2D eigenvalue weighted by Gasteiger charge is -2.39. The van der Waals surface area contributed by atoms with Crippen molar-refractivity contribution in [2.45, 2.75) is 32.2 Å². The summed E-state index contributed by atoms with van der Waals surface area (Å²) >= 11 is 5.95. The van der Waals surface area contributed by atoms with Gasteiger partial charge in [0, 0.05) is 42.9 Å². The van der Waals surface area contributed by atoms with Gasteiger partial charge in [-0.3, -0.25) is 4.90 Å². The second-order valence-electron chi connectivity index (χ2n) is 6.07. The lowest BCUT2D eigenvalue weighted by molar-refractivity contribution is 0.184. The van der Waals surface area contributed by atoms with E-state index in [-0.39, 0.29) is 0 Å². The Morgan fingerprint density at radius 1 is 1.00 bits per heavy atom. The number of hydrogen-bond acceptors (Lipinski definition) is 2. The average Bonchev–Trinajstić information content (AvgIpc) is 2.87. The van der Waals surface area contributed by atoms with Crippen LogP contribution in [0.3, 0.4) is 0 Å². The summed E-state index contributed by atoms with van der Waals surface area (Å²) in [6.07, 6.45) is 4.23. The molecule has 104 valence electrons. The van der Waals surface area contributed by atoms with E-state index < -0.39 is 0 Å². The molecule has 0 N–H and O–H groups in total. The zero-order valence-electron chi connectivity index (χ0n) is 11.7. The molecule has 1 saturated heterocycles. The van der Waals surface area contributed by atoms with E-state index in [9.17, 15) is 0 Å². The van der Waals surface area contributed by atoms with Gasteiger partial charge < -0.3 is 4.90 Å². The Bertz CT molecular complexity index is 409. The molecule has 3 heteroatoms. The Morgan fingerprint density at radius 2 is 1.68 bits per heavy atom. The molecule has 0 spiro atoms. The van der Waals surface area contributed by atoms with Gasteiger partial charge in [0.25, 0.3) is 0 Å². The number of halogens is 1. The lowest BCUT2D eigenvalue weighted by Crippen LogP contribution is -2.49. The maximum atomic E-state index is 5.95. The van der Waals surface area contributed by atoms with Crippen LogP contribution in [0, 0.1) is 5.92 Å². The molecule has 19 heavy (non-hydrogen) atoms. The fraction of sp³-hybridized carbons (Fsp3) is 0.625. The second kappa shape index (κ2) is 5.72. The maximum Gasteiger partial charge on any atom is 0.0407 e. The minimum Gasteiger partial charge on any atom is -0.369 e. The van der Waals surface area contributed by atoms with Gasteiger partial charge in [-0.15, -0.1) is 0 Å². The summed E-state index contributed by atoms with van der Waals surface area (Å²) in [5.74, 6) is 0.930. The quantitative estimate of drug-likeness (QED) is 0.815. The summed E-state index contributed by atoms with van der Waals surface area (Å²) in [7, 11) is 0. The molecule has 0 bridgehead atoms. The highest BCUT2D eigenvalue weighted by Crippen LogP contribution is 2.30. The third-order valence-electron chi connectivity index (χ3n) is 4.69. The molecular formula is C16H23ClN2. The molecule has 1 saturated carbocycles. The molecule has 2 atom stereocenters. The Morgan fingerprint density at radius 3 is 2.26 bits per heavy atom. The smallest absolute Gasteiger partial charge is 0.0407 e. The van der Waals surface area contributed by atoms with E-state index >= 15 is 0 Å². The first-order chi connectivity index (χ1) is 9.22. The van der Waals surface area contributed by atoms with E-state index in [2.05, 4.69) is 28.9 Å². The first kappa shape index (κ1) is 13.3. The Kier molecular flexibility index (Phi) is 3.99. The number of hydrogen-bond donors (Lipinski definition) is 0. The van der Waals surface area contributed by atoms with E-state index in [4.69, 9.17) is 11.6 Å². The summed E-state index contributed by atoms with van der Waals surface area (Å²) in [5, 5.41) is 0.822. The first-order valence-electron chi connectivity index (χ1n) is 7.47. The highest BCUT2D eigenvalue weighted by atomic mass is 35.5. The third-order valence-corrected chi connectivity index (χ3v) is 4.94.